The maximum absolute atomic E-state index is 6.30. The van der Waals surface area contributed by atoms with E-state index in [9.17, 15) is 0 Å². The van der Waals surface area contributed by atoms with Gasteiger partial charge in [-0.05, 0) is 13.1 Å². The van der Waals surface area contributed by atoms with Crippen LogP contribution in [0, 0.1) is 0 Å². The molecule has 0 aliphatic heterocycles. The maximum Gasteiger partial charge on any atom is 0.520 e. The van der Waals surface area contributed by atoms with Crippen LogP contribution in [0.1, 0.15) is 0 Å². The lowest BCUT2D eigenvalue weighted by atomic mass is 10.4. The molecule has 1 aromatic carbocycles. The Labute approximate surface area is 136 Å². The molecular formula is C13H26O6Si3. The van der Waals surface area contributed by atoms with E-state index in [4.69, 9.17) is 25.9 Å². The van der Waals surface area contributed by atoms with Crippen LogP contribution in [-0.2, 0) is 25.9 Å². The average Bonchev–Trinajstić information content (AvgIpc) is 2.54. The summed E-state index contributed by atoms with van der Waals surface area (Å²) in [4.78, 5) is 0. The lowest BCUT2D eigenvalue weighted by molar-refractivity contribution is 0.110. The minimum atomic E-state index is -3.23. The molecule has 126 valence electrons. The molecule has 9 heteroatoms. The first kappa shape index (κ1) is 19.7. The Balaban J connectivity index is 3.29. The fourth-order valence-corrected chi connectivity index (χ4v) is 10.5. The van der Waals surface area contributed by atoms with E-state index in [0.29, 0.717) is 0 Å². The highest BCUT2D eigenvalue weighted by Gasteiger charge is 2.54. The van der Waals surface area contributed by atoms with Crippen molar-refractivity contribution in [2.45, 2.75) is 19.6 Å². The SMILES string of the molecule is CO[Si](C)(C)O[Si](OC)(O[Si](C)(OC)OC)c1ccccc1. The number of hydrogen-bond acceptors (Lipinski definition) is 6. The second-order valence-electron chi connectivity index (χ2n) is 5.21. The van der Waals surface area contributed by atoms with Crippen molar-refractivity contribution in [3.05, 3.63) is 30.3 Å². The van der Waals surface area contributed by atoms with Crippen molar-refractivity contribution in [1.82, 2.24) is 0 Å². The first-order chi connectivity index (χ1) is 10.3. The molecule has 1 aromatic rings. The summed E-state index contributed by atoms with van der Waals surface area (Å²) in [6, 6.07) is 9.62. The molecule has 0 aromatic heterocycles. The minimum absolute atomic E-state index is 0.850. The maximum atomic E-state index is 6.30. The van der Waals surface area contributed by atoms with Crippen LogP contribution in [0.15, 0.2) is 30.3 Å². The van der Waals surface area contributed by atoms with Gasteiger partial charge in [0.1, 0.15) is 0 Å². The van der Waals surface area contributed by atoms with Crippen molar-refractivity contribution in [2.75, 3.05) is 28.4 Å². The third kappa shape index (κ3) is 4.81. The predicted molar refractivity (Wildman–Crippen MR) is 91.1 cm³/mol. The summed E-state index contributed by atoms with van der Waals surface area (Å²) >= 11 is 0. The van der Waals surface area contributed by atoms with Crippen LogP contribution >= 0.6 is 0 Å². The van der Waals surface area contributed by atoms with Crippen LogP contribution in [0.3, 0.4) is 0 Å². The second kappa shape index (κ2) is 7.95. The van der Waals surface area contributed by atoms with E-state index in [1.165, 1.54) is 0 Å². The molecule has 0 fully saturated rings. The topological polar surface area (TPSA) is 55.4 Å². The molecule has 1 atom stereocenters. The zero-order valence-electron chi connectivity index (χ0n) is 14.3. The van der Waals surface area contributed by atoms with E-state index < -0.39 is 26.2 Å². The lowest BCUT2D eigenvalue weighted by Gasteiger charge is -2.38. The molecule has 1 unspecified atom stereocenters. The molecule has 1 rings (SSSR count). The van der Waals surface area contributed by atoms with Crippen molar-refractivity contribution in [3.8, 4) is 0 Å². The molecular weight excluding hydrogens is 336 g/mol. The fourth-order valence-electron chi connectivity index (χ4n) is 1.76. The zero-order valence-corrected chi connectivity index (χ0v) is 17.3. The van der Waals surface area contributed by atoms with Gasteiger partial charge in [-0.15, -0.1) is 0 Å². The summed E-state index contributed by atoms with van der Waals surface area (Å²) in [5, 5.41) is 0.850. The van der Waals surface area contributed by atoms with Crippen LogP contribution in [0.4, 0.5) is 0 Å². The molecule has 6 nitrogen and oxygen atoms in total. The highest BCUT2D eigenvalue weighted by atomic mass is 28.5. The van der Waals surface area contributed by atoms with Crippen molar-refractivity contribution in [3.63, 3.8) is 0 Å². The second-order valence-corrected chi connectivity index (χ2v) is 14.7. The molecule has 0 amide bonds. The molecule has 0 radical (unpaired) electrons. The van der Waals surface area contributed by atoms with Gasteiger partial charge in [-0.25, -0.2) is 0 Å². The van der Waals surface area contributed by atoms with Gasteiger partial charge in [0.2, 0.25) is 0 Å². The third-order valence-corrected chi connectivity index (χ3v) is 13.0. The highest BCUT2D eigenvalue weighted by molar-refractivity contribution is 6.88. The van der Waals surface area contributed by atoms with Gasteiger partial charge in [0, 0.05) is 40.2 Å². The van der Waals surface area contributed by atoms with Gasteiger partial charge in [0.05, 0.1) is 0 Å². The summed E-state index contributed by atoms with van der Waals surface area (Å²) in [5.41, 5.74) is 0. The number of hydrogen-bond donors (Lipinski definition) is 0. The minimum Gasteiger partial charge on any atom is -0.398 e. The van der Waals surface area contributed by atoms with Gasteiger partial charge in [0.25, 0.3) is 0 Å². The molecule has 0 bridgehead atoms. The van der Waals surface area contributed by atoms with Crippen molar-refractivity contribution < 1.29 is 25.9 Å². The standard InChI is InChI=1S/C13H26O6Si3/c1-14-20(5,6)18-22(17-4,13-11-9-8-10-12-13)19-21(7,15-2)16-3/h8-12H,1-7H3. The lowest BCUT2D eigenvalue weighted by Crippen LogP contribution is -2.66. The van der Waals surface area contributed by atoms with E-state index in [2.05, 4.69) is 0 Å². The quantitative estimate of drug-likeness (QED) is 0.624. The van der Waals surface area contributed by atoms with Crippen LogP contribution in [0.25, 0.3) is 0 Å². The Hall–Kier alpha value is -0.369. The molecule has 22 heavy (non-hydrogen) atoms. The number of benzene rings is 1. The van der Waals surface area contributed by atoms with Gasteiger partial charge < -0.3 is 25.9 Å². The Morgan fingerprint density at radius 2 is 1.23 bits per heavy atom. The van der Waals surface area contributed by atoms with Gasteiger partial charge in [-0.3, -0.25) is 0 Å². The van der Waals surface area contributed by atoms with Gasteiger partial charge in [-0.2, -0.15) is 0 Å². The largest absolute Gasteiger partial charge is 0.520 e. The molecule has 0 aliphatic rings. The molecule has 0 saturated heterocycles. The molecule has 0 spiro atoms. The van der Waals surface area contributed by atoms with Crippen LogP contribution in [0.2, 0.25) is 19.6 Å². The molecule has 0 N–H and O–H groups in total. The van der Waals surface area contributed by atoms with E-state index in [1.54, 1.807) is 35.0 Å². The van der Waals surface area contributed by atoms with Gasteiger partial charge in [0.15, 0.2) is 0 Å². The first-order valence-electron chi connectivity index (χ1n) is 6.93. The van der Waals surface area contributed by atoms with Crippen molar-refractivity contribution in [2.24, 2.45) is 0 Å². The van der Waals surface area contributed by atoms with E-state index in [0.717, 1.165) is 5.19 Å². The Morgan fingerprint density at radius 3 is 1.64 bits per heavy atom. The third-order valence-electron chi connectivity index (χ3n) is 3.33. The molecule has 0 heterocycles. The smallest absolute Gasteiger partial charge is 0.398 e. The normalized spacial score (nSPS) is 15.6. The Bertz CT molecular complexity index is 454. The van der Waals surface area contributed by atoms with Crippen LogP contribution in [0.5, 0.6) is 0 Å². The molecule has 0 aliphatic carbocycles. The summed E-state index contributed by atoms with van der Waals surface area (Å²) in [6.07, 6.45) is 0. The predicted octanol–water partition coefficient (Wildman–Crippen LogP) is 1.72. The monoisotopic (exact) mass is 362 g/mol. The molecule has 0 saturated carbocycles. The summed E-state index contributed by atoms with van der Waals surface area (Å²) < 4.78 is 34.8. The van der Waals surface area contributed by atoms with Crippen molar-refractivity contribution >= 4 is 31.4 Å². The van der Waals surface area contributed by atoms with Gasteiger partial charge in [-0.1, -0.05) is 30.3 Å². The zero-order chi connectivity index (χ0) is 16.9. The first-order valence-corrected chi connectivity index (χ1v) is 13.7. The fraction of sp³-hybridized carbons (Fsp3) is 0.538. The van der Waals surface area contributed by atoms with E-state index in [1.807, 2.05) is 43.4 Å². The average molecular weight is 363 g/mol. The van der Waals surface area contributed by atoms with E-state index in [-0.39, 0.29) is 0 Å². The Morgan fingerprint density at radius 1 is 0.682 bits per heavy atom. The summed E-state index contributed by atoms with van der Waals surface area (Å²) in [6.45, 7) is 5.69. The van der Waals surface area contributed by atoms with Gasteiger partial charge >= 0.3 is 26.2 Å². The van der Waals surface area contributed by atoms with Crippen LogP contribution in [-0.4, -0.2) is 54.6 Å². The van der Waals surface area contributed by atoms with E-state index >= 15 is 0 Å². The highest BCUT2D eigenvalue weighted by Crippen LogP contribution is 2.22. The van der Waals surface area contributed by atoms with Crippen molar-refractivity contribution in [1.29, 1.82) is 0 Å². The van der Waals surface area contributed by atoms with Crippen LogP contribution < -0.4 is 5.19 Å². The Kier molecular flexibility index (Phi) is 7.11. The number of rotatable bonds is 9. The summed E-state index contributed by atoms with van der Waals surface area (Å²) in [5.74, 6) is 0. The summed E-state index contributed by atoms with van der Waals surface area (Å²) in [7, 11) is -2.18.